The molecule has 0 saturated carbocycles. The van der Waals surface area contributed by atoms with E-state index in [-0.39, 0.29) is 6.10 Å². The van der Waals surface area contributed by atoms with Crippen LogP contribution in [-0.2, 0) is 12.8 Å². The molecule has 0 aliphatic carbocycles. The van der Waals surface area contributed by atoms with Crippen LogP contribution in [0.25, 0.3) is 0 Å². The summed E-state index contributed by atoms with van der Waals surface area (Å²) in [5.41, 5.74) is 5.00. The lowest BCUT2D eigenvalue weighted by atomic mass is 9.97. The van der Waals surface area contributed by atoms with Crippen molar-refractivity contribution in [2.45, 2.75) is 45.6 Å². The molecular formula is C19H24O. The lowest BCUT2D eigenvalue weighted by Gasteiger charge is -2.12. The second kappa shape index (κ2) is 6.71. The Morgan fingerprint density at radius 1 is 0.800 bits per heavy atom. The molecule has 1 N–H and O–H groups in total. The normalized spacial score (nSPS) is 12.7. The van der Waals surface area contributed by atoms with Crippen molar-refractivity contribution in [3.63, 3.8) is 0 Å². The van der Waals surface area contributed by atoms with Crippen LogP contribution in [0.15, 0.2) is 48.5 Å². The van der Waals surface area contributed by atoms with Gasteiger partial charge in [0.25, 0.3) is 0 Å². The predicted octanol–water partition coefficient (Wildman–Crippen LogP) is 4.26. The van der Waals surface area contributed by atoms with Crippen molar-refractivity contribution in [3.05, 3.63) is 70.8 Å². The van der Waals surface area contributed by atoms with Gasteiger partial charge in [-0.15, -0.1) is 0 Å². The van der Waals surface area contributed by atoms with Crippen molar-refractivity contribution in [3.8, 4) is 0 Å². The smallest absolute Gasteiger partial charge is 0.0620 e. The summed E-state index contributed by atoms with van der Waals surface area (Å²) in [6.45, 7) is 6.47. The average Bonchev–Trinajstić information content (AvgIpc) is 2.42. The Morgan fingerprint density at radius 2 is 1.25 bits per heavy atom. The number of hydrogen-bond acceptors (Lipinski definition) is 1. The summed E-state index contributed by atoms with van der Waals surface area (Å²) < 4.78 is 0. The van der Waals surface area contributed by atoms with Crippen LogP contribution in [0.1, 0.15) is 42.0 Å². The third kappa shape index (κ3) is 4.21. The highest BCUT2D eigenvalue weighted by Crippen LogP contribution is 2.16. The van der Waals surface area contributed by atoms with Crippen LogP contribution < -0.4 is 0 Å². The van der Waals surface area contributed by atoms with E-state index < -0.39 is 0 Å². The highest BCUT2D eigenvalue weighted by molar-refractivity contribution is 5.26. The third-order valence-electron chi connectivity index (χ3n) is 3.71. The van der Waals surface area contributed by atoms with E-state index >= 15 is 0 Å². The van der Waals surface area contributed by atoms with Gasteiger partial charge in [0.1, 0.15) is 0 Å². The first-order valence-electron chi connectivity index (χ1n) is 7.37. The summed E-state index contributed by atoms with van der Waals surface area (Å²) in [6, 6.07) is 17.0. The van der Waals surface area contributed by atoms with Crippen LogP contribution in [0, 0.1) is 6.92 Å². The molecule has 2 aromatic rings. The van der Waals surface area contributed by atoms with Crippen molar-refractivity contribution in [1.29, 1.82) is 0 Å². The number of aryl methyl sites for hydroxylation is 1. The van der Waals surface area contributed by atoms with E-state index in [1.165, 1.54) is 22.3 Å². The minimum absolute atomic E-state index is 0.317. The van der Waals surface area contributed by atoms with Crippen molar-refractivity contribution in [2.24, 2.45) is 0 Å². The van der Waals surface area contributed by atoms with Gasteiger partial charge in [0.15, 0.2) is 0 Å². The summed E-state index contributed by atoms with van der Waals surface area (Å²) in [6.07, 6.45) is 1.11. The monoisotopic (exact) mass is 268 g/mol. The molecule has 0 saturated heterocycles. The number of benzene rings is 2. The van der Waals surface area contributed by atoms with Crippen LogP contribution in [0.5, 0.6) is 0 Å². The summed E-state index contributed by atoms with van der Waals surface area (Å²) in [5.74, 6) is 0.557. The SMILES string of the molecule is Cc1ccc(CC(O)Cc2ccc(C(C)C)cc2)cc1. The quantitative estimate of drug-likeness (QED) is 0.859. The Hall–Kier alpha value is -1.60. The largest absolute Gasteiger partial charge is 0.392 e. The van der Waals surface area contributed by atoms with Crippen molar-refractivity contribution in [1.82, 2.24) is 0 Å². The molecule has 0 radical (unpaired) electrons. The molecule has 0 bridgehead atoms. The zero-order chi connectivity index (χ0) is 14.5. The van der Waals surface area contributed by atoms with Crippen LogP contribution in [0.2, 0.25) is 0 Å². The Morgan fingerprint density at radius 3 is 1.70 bits per heavy atom. The van der Waals surface area contributed by atoms with Gasteiger partial charge in [0, 0.05) is 0 Å². The van der Waals surface area contributed by atoms with Gasteiger partial charge < -0.3 is 5.11 Å². The molecule has 0 aromatic heterocycles. The maximum absolute atomic E-state index is 10.2. The number of rotatable bonds is 5. The van der Waals surface area contributed by atoms with E-state index in [4.69, 9.17) is 0 Å². The molecule has 20 heavy (non-hydrogen) atoms. The fraction of sp³-hybridized carbons (Fsp3) is 0.368. The van der Waals surface area contributed by atoms with Gasteiger partial charge in [-0.2, -0.15) is 0 Å². The van der Waals surface area contributed by atoms with Gasteiger partial charge in [0.05, 0.1) is 6.10 Å². The van der Waals surface area contributed by atoms with Gasteiger partial charge in [0.2, 0.25) is 0 Å². The van der Waals surface area contributed by atoms with Crippen LogP contribution >= 0.6 is 0 Å². The molecule has 0 fully saturated rings. The van der Waals surface area contributed by atoms with Crippen LogP contribution in [-0.4, -0.2) is 11.2 Å². The fourth-order valence-corrected chi connectivity index (χ4v) is 2.38. The van der Waals surface area contributed by atoms with E-state index in [0.717, 1.165) is 0 Å². The zero-order valence-electron chi connectivity index (χ0n) is 12.6. The Bertz CT molecular complexity index is 523. The average molecular weight is 268 g/mol. The molecule has 0 heterocycles. The van der Waals surface area contributed by atoms with E-state index in [1.807, 2.05) is 0 Å². The molecule has 1 nitrogen and oxygen atoms in total. The van der Waals surface area contributed by atoms with E-state index in [0.29, 0.717) is 18.8 Å². The highest BCUT2D eigenvalue weighted by atomic mass is 16.3. The Balaban J connectivity index is 1.93. The summed E-state index contributed by atoms with van der Waals surface area (Å²) >= 11 is 0. The van der Waals surface area contributed by atoms with E-state index in [1.54, 1.807) is 0 Å². The zero-order valence-corrected chi connectivity index (χ0v) is 12.6. The second-order valence-corrected chi connectivity index (χ2v) is 5.94. The molecular weight excluding hydrogens is 244 g/mol. The summed E-state index contributed by atoms with van der Waals surface area (Å²) in [4.78, 5) is 0. The van der Waals surface area contributed by atoms with Gasteiger partial charge in [-0.25, -0.2) is 0 Å². The molecule has 2 aromatic carbocycles. The van der Waals surface area contributed by atoms with Crippen molar-refractivity contribution in [2.75, 3.05) is 0 Å². The van der Waals surface area contributed by atoms with Gasteiger partial charge >= 0.3 is 0 Å². The maximum Gasteiger partial charge on any atom is 0.0620 e. The van der Waals surface area contributed by atoms with E-state index in [2.05, 4.69) is 69.3 Å². The maximum atomic E-state index is 10.2. The summed E-state index contributed by atoms with van der Waals surface area (Å²) in [5, 5.41) is 10.2. The van der Waals surface area contributed by atoms with Gasteiger partial charge in [-0.3, -0.25) is 0 Å². The molecule has 106 valence electrons. The molecule has 0 aliphatic heterocycles. The number of hydrogen-bond donors (Lipinski definition) is 1. The lowest BCUT2D eigenvalue weighted by molar-refractivity contribution is 0.175. The second-order valence-electron chi connectivity index (χ2n) is 5.94. The molecule has 2 rings (SSSR count). The lowest BCUT2D eigenvalue weighted by Crippen LogP contribution is -2.13. The first-order chi connectivity index (χ1) is 9.54. The Labute approximate surface area is 122 Å². The van der Waals surface area contributed by atoms with E-state index in [9.17, 15) is 5.11 Å². The molecule has 0 spiro atoms. The van der Waals surface area contributed by atoms with Gasteiger partial charge in [-0.1, -0.05) is 67.9 Å². The molecule has 1 heteroatoms. The Kier molecular flexibility index (Phi) is 4.97. The summed E-state index contributed by atoms with van der Waals surface area (Å²) in [7, 11) is 0. The number of aliphatic hydroxyl groups is 1. The minimum atomic E-state index is -0.317. The predicted molar refractivity (Wildman–Crippen MR) is 85.1 cm³/mol. The number of aliphatic hydroxyl groups excluding tert-OH is 1. The standard InChI is InChI=1S/C19H24O/c1-14(2)18-10-8-17(9-11-18)13-19(20)12-16-6-4-15(3)5-7-16/h4-11,14,19-20H,12-13H2,1-3H3. The molecule has 1 unspecified atom stereocenters. The van der Waals surface area contributed by atoms with Crippen molar-refractivity contribution >= 4 is 0 Å². The first kappa shape index (κ1) is 14.8. The minimum Gasteiger partial charge on any atom is -0.392 e. The molecule has 1 atom stereocenters. The van der Waals surface area contributed by atoms with Gasteiger partial charge in [-0.05, 0) is 42.4 Å². The highest BCUT2D eigenvalue weighted by Gasteiger charge is 2.07. The first-order valence-corrected chi connectivity index (χ1v) is 7.37. The fourth-order valence-electron chi connectivity index (χ4n) is 2.38. The van der Waals surface area contributed by atoms with Crippen LogP contribution in [0.4, 0.5) is 0 Å². The molecule has 0 amide bonds. The third-order valence-corrected chi connectivity index (χ3v) is 3.71. The van der Waals surface area contributed by atoms with Crippen LogP contribution in [0.3, 0.4) is 0 Å². The molecule has 0 aliphatic rings. The van der Waals surface area contributed by atoms with Crippen molar-refractivity contribution < 1.29 is 5.11 Å². The topological polar surface area (TPSA) is 20.2 Å².